The van der Waals surface area contributed by atoms with Gasteiger partial charge in [-0.15, -0.1) is 12.4 Å². The van der Waals surface area contributed by atoms with Gasteiger partial charge in [0.1, 0.15) is 0 Å². The zero-order valence-electron chi connectivity index (χ0n) is 13.3. The second-order valence-electron chi connectivity index (χ2n) is 4.93. The number of unbranched alkanes of at least 4 members (excludes halogenated alkanes) is 1. The molecule has 1 amide bonds. The first-order valence-corrected chi connectivity index (χ1v) is 7.77. The lowest BCUT2D eigenvalue weighted by Crippen LogP contribution is -2.39. The molecule has 0 aliphatic carbocycles. The molecule has 0 bridgehead atoms. The molecule has 6 heteroatoms. The molecule has 0 saturated carbocycles. The van der Waals surface area contributed by atoms with Gasteiger partial charge in [-0.2, -0.15) is 0 Å². The maximum absolute atomic E-state index is 12.3. The lowest BCUT2D eigenvalue weighted by molar-refractivity contribution is -0.131. The Morgan fingerprint density at radius 3 is 2.73 bits per heavy atom. The first-order valence-electron chi connectivity index (χ1n) is 7.39. The molecule has 0 aliphatic rings. The summed E-state index contributed by atoms with van der Waals surface area (Å²) in [6.07, 6.45) is 2.05. The van der Waals surface area contributed by atoms with E-state index in [0.29, 0.717) is 31.3 Å². The molecule has 1 N–H and O–H groups in total. The molecule has 126 valence electrons. The van der Waals surface area contributed by atoms with E-state index in [1.54, 1.807) is 7.11 Å². The van der Waals surface area contributed by atoms with E-state index in [4.69, 9.17) is 16.3 Å². The second-order valence-corrected chi connectivity index (χ2v) is 5.34. The van der Waals surface area contributed by atoms with Crippen LogP contribution in [0.2, 0.25) is 5.02 Å². The normalized spacial score (nSPS) is 10.1. The third kappa shape index (κ3) is 7.99. The molecule has 1 aromatic carbocycles. The molecule has 0 unspecified atom stereocenters. The van der Waals surface area contributed by atoms with E-state index >= 15 is 0 Å². The van der Waals surface area contributed by atoms with Crippen molar-refractivity contribution < 1.29 is 9.53 Å². The van der Waals surface area contributed by atoms with Crippen LogP contribution in [0.3, 0.4) is 0 Å². The molecule has 1 rings (SSSR count). The predicted octanol–water partition coefficient (Wildman–Crippen LogP) is 3.13. The summed E-state index contributed by atoms with van der Waals surface area (Å²) in [5, 5.41) is 3.80. The van der Waals surface area contributed by atoms with E-state index in [1.807, 2.05) is 29.2 Å². The lowest BCUT2D eigenvalue weighted by Gasteiger charge is -2.23. The third-order valence-electron chi connectivity index (χ3n) is 3.21. The molecule has 0 heterocycles. The maximum Gasteiger partial charge on any atom is 0.236 e. The van der Waals surface area contributed by atoms with Crippen LogP contribution in [0.5, 0.6) is 0 Å². The Morgan fingerprint density at radius 2 is 2.09 bits per heavy atom. The van der Waals surface area contributed by atoms with Crippen LogP contribution in [0.4, 0.5) is 0 Å². The van der Waals surface area contributed by atoms with Gasteiger partial charge >= 0.3 is 0 Å². The van der Waals surface area contributed by atoms with Gasteiger partial charge in [-0.05, 0) is 18.1 Å². The van der Waals surface area contributed by atoms with Gasteiger partial charge in [-0.25, -0.2) is 0 Å². The van der Waals surface area contributed by atoms with Gasteiger partial charge in [-0.1, -0.05) is 43.1 Å². The van der Waals surface area contributed by atoms with Crippen LogP contribution >= 0.6 is 24.0 Å². The molecule has 4 nitrogen and oxygen atoms in total. The first kappa shape index (κ1) is 21.2. The maximum atomic E-state index is 12.3. The average molecular weight is 349 g/mol. The highest BCUT2D eigenvalue weighted by Gasteiger charge is 2.14. The molecule has 0 spiro atoms. The van der Waals surface area contributed by atoms with Crippen LogP contribution in [-0.4, -0.2) is 44.2 Å². The smallest absolute Gasteiger partial charge is 0.236 e. The summed E-state index contributed by atoms with van der Waals surface area (Å²) in [6, 6.07) is 7.67. The summed E-state index contributed by atoms with van der Waals surface area (Å²) >= 11 is 6.18. The fourth-order valence-electron chi connectivity index (χ4n) is 1.95. The number of ether oxygens (including phenoxy) is 1. The molecule has 0 aromatic heterocycles. The highest BCUT2D eigenvalue weighted by molar-refractivity contribution is 6.31. The van der Waals surface area contributed by atoms with Gasteiger partial charge in [-0.3, -0.25) is 4.79 Å². The van der Waals surface area contributed by atoms with Crippen LogP contribution in [0.15, 0.2) is 24.3 Å². The van der Waals surface area contributed by atoms with E-state index < -0.39 is 0 Å². The largest absolute Gasteiger partial charge is 0.383 e. The number of carbonyl (C=O) groups excluding carboxylic acids is 1. The van der Waals surface area contributed by atoms with Gasteiger partial charge in [0.25, 0.3) is 0 Å². The first-order chi connectivity index (χ1) is 10.2. The van der Waals surface area contributed by atoms with Gasteiger partial charge in [0.15, 0.2) is 0 Å². The van der Waals surface area contributed by atoms with Gasteiger partial charge in [0.2, 0.25) is 5.91 Å². The fraction of sp³-hybridized carbons (Fsp3) is 0.562. The van der Waals surface area contributed by atoms with E-state index in [2.05, 4.69) is 12.2 Å². The number of halogens is 2. The quantitative estimate of drug-likeness (QED) is 0.660. The van der Waals surface area contributed by atoms with E-state index in [9.17, 15) is 4.79 Å². The summed E-state index contributed by atoms with van der Waals surface area (Å²) in [5.74, 6) is 0.0967. The number of hydrogen-bond acceptors (Lipinski definition) is 3. The topological polar surface area (TPSA) is 41.6 Å². The minimum atomic E-state index is 0. The predicted molar refractivity (Wildman–Crippen MR) is 93.8 cm³/mol. The Bertz CT molecular complexity index is 430. The minimum absolute atomic E-state index is 0. The van der Waals surface area contributed by atoms with E-state index in [-0.39, 0.29) is 18.3 Å². The molecule has 22 heavy (non-hydrogen) atoms. The van der Waals surface area contributed by atoms with Crippen molar-refractivity contribution in [2.45, 2.75) is 26.3 Å². The number of carbonyl (C=O) groups is 1. The van der Waals surface area contributed by atoms with Crippen molar-refractivity contribution in [1.82, 2.24) is 10.2 Å². The monoisotopic (exact) mass is 348 g/mol. The van der Waals surface area contributed by atoms with Crippen molar-refractivity contribution >= 4 is 29.9 Å². The van der Waals surface area contributed by atoms with Crippen molar-refractivity contribution in [1.29, 1.82) is 0 Å². The Balaban J connectivity index is 0.00000441. The van der Waals surface area contributed by atoms with Crippen LogP contribution < -0.4 is 5.32 Å². The van der Waals surface area contributed by atoms with Crippen LogP contribution in [0.25, 0.3) is 0 Å². The molecular weight excluding hydrogens is 323 g/mol. The Morgan fingerprint density at radius 1 is 1.36 bits per heavy atom. The summed E-state index contributed by atoms with van der Waals surface area (Å²) in [7, 11) is 1.65. The number of hydrogen-bond donors (Lipinski definition) is 1. The lowest BCUT2D eigenvalue weighted by atomic mass is 10.2. The molecule has 0 atom stereocenters. The zero-order chi connectivity index (χ0) is 15.5. The van der Waals surface area contributed by atoms with Gasteiger partial charge < -0.3 is 15.0 Å². The van der Waals surface area contributed by atoms with Crippen molar-refractivity contribution in [2.75, 3.05) is 33.4 Å². The number of amides is 1. The summed E-state index contributed by atoms with van der Waals surface area (Å²) < 4.78 is 4.96. The number of nitrogens with one attached hydrogen (secondary N) is 1. The standard InChI is InChI=1S/C16H25ClN2O2.ClH/c1-3-4-10-19(16(20)12-18-9-11-21-2)13-14-7-5-6-8-15(14)17;/h5-8,18H,3-4,9-13H2,1-2H3;1H. The fourth-order valence-corrected chi connectivity index (χ4v) is 2.15. The highest BCUT2D eigenvalue weighted by Crippen LogP contribution is 2.17. The average Bonchev–Trinajstić information content (AvgIpc) is 2.49. The highest BCUT2D eigenvalue weighted by atomic mass is 35.5. The van der Waals surface area contributed by atoms with Crippen LogP contribution in [-0.2, 0) is 16.1 Å². The molecule has 0 radical (unpaired) electrons. The zero-order valence-corrected chi connectivity index (χ0v) is 14.9. The van der Waals surface area contributed by atoms with Gasteiger partial charge in [0, 0.05) is 31.8 Å². The van der Waals surface area contributed by atoms with Crippen LogP contribution in [0.1, 0.15) is 25.3 Å². The SMILES string of the molecule is CCCCN(Cc1ccccc1Cl)C(=O)CNCCOC.Cl. The molecule has 0 saturated heterocycles. The second kappa shape index (κ2) is 12.7. The summed E-state index contributed by atoms with van der Waals surface area (Å²) in [5.41, 5.74) is 0.987. The molecule has 0 fully saturated rings. The third-order valence-corrected chi connectivity index (χ3v) is 3.58. The summed E-state index contributed by atoms with van der Waals surface area (Å²) in [6.45, 7) is 5.05. The van der Waals surface area contributed by atoms with E-state index in [0.717, 1.165) is 24.9 Å². The number of methoxy groups -OCH3 is 1. The Kier molecular flexibility index (Phi) is 12.2. The molecule has 0 aliphatic heterocycles. The number of nitrogens with zero attached hydrogens (tertiary/aromatic N) is 1. The van der Waals surface area contributed by atoms with Crippen molar-refractivity contribution in [2.24, 2.45) is 0 Å². The minimum Gasteiger partial charge on any atom is -0.383 e. The Labute approximate surface area is 144 Å². The summed E-state index contributed by atoms with van der Waals surface area (Å²) in [4.78, 5) is 14.2. The Hall–Kier alpha value is -0.810. The van der Waals surface area contributed by atoms with E-state index in [1.165, 1.54) is 0 Å². The number of rotatable bonds is 10. The van der Waals surface area contributed by atoms with Gasteiger partial charge in [0.05, 0.1) is 13.2 Å². The number of benzene rings is 1. The molecule has 1 aromatic rings. The van der Waals surface area contributed by atoms with Crippen molar-refractivity contribution in [3.8, 4) is 0 Å². The van der Waals surface area contributed by atoms with Crippen LogP contribution in [0, 0.1) is 0 Å². The van der Waals surface area contributed by atoms with Crippen molar-refractivity contribution in [3.05, 3.63) is 34.9 Å². The molecular formula is C16H26Cl2N2O2. The van der Waals surface area contributed by atoms with Crippen molar-refractivity contribution in [3.63, 3.8) is 0 Å².